The molecule has 0 radical (unpaired) electrons. The second-order valence-electron chi connectivity index (χ2n) is 5.69. The van der Waals surface area contributed by atoms with Gasteiger partial charge in [-0.05, 0) is 30.0 Å². The Kier molecular flexibility index (Phi) is 5.07. The Morgan fingerprint density at radius 3 is 2.50 bits per heavy atom. The van der Waals surface area contributed by atoms with Gasteiger partial charge in [0, 0.05) is 12.2 Å². The number of rotatable bonds is 4. The monoisotopic (exact) mass is 282 g/mol. The summed E-state index contributed by atoms with van der Waals surface area (Å²) in [7, 11) is 0. The second kappa shape index (κ2) is 6.36. The van der Waals surface area contributed by atoms with Crippen LogP contribution >= 0.6 is 0 Å². The third-order valence-electron chi connectivity index (χ3n) is 2.62. The van der Waals surface area contributed by atoms with E-state index < -0.39 is 23.4 Å². The molecule has 0 saturated heterocycles. The molecule has 0 spiro atoms. The van der Waals surface area contributed by atoms with Crippen LogP contribution in [0.1, 0.15) is 37.6 Å². The van der Waals surface area contributed by atoms with Gasteiger partial charge in [0.1, 0.15) is 5.82 Å². The summed E-state index contributed by atoms with van der Waals surface area (Å²) in [4.78, 5) is 22.4. The molecule has 0 fully saturated rings. The molecule has 1 aromatic carbocycles. The molecule has 0 heterocycles. The molecule has 0 unspecified atom stereocenters. The fraction of sp³-hybridized carbons (Fsp3) is 0.429. The van der Waals surface area contributed by atoms with Crippen molar-refractivity contribution in [1.82, 2.24) is 5.32 Å². The van der Waals surface area contributed by atoms with E-state index in [9.17, 15) is 14.0 Å². The summed E-state index contributed by atoms with van der Waals surface area (Å²) in [5.41, 5.74) is -0.130. The van der Waals surface area contributed by atoms with Gasteiger partial charge in [-0.1, -0.05) is 20.8 Å². The first kappa shape index (κ1) is 15.9. The Balaban J connectivity index is 2.58. The smallest absolute Gasteiger partial charge is 0.338 e. The maximum Gasteiger partial charge on any atom is 0.338 e. The number of hydrogen-bond donors (Lipinski definition) is 3. The maximum atomic E-state index is 13.2. The number of halogens is 1. The fourth-order valence-corrected chi connectivity index (χ4v) is 1.49. The van der Waals surface area contributed by atoms with Crippen molar-refractivity contribution >= 4 is 17.7 Å². The first-order valence-corrected chi connectivity index (χ1v) is 6.27. The van der Waals surface area contributed by atoms with Crippen molar-refractivity contribution < 1.29 is 19.1 Å². The number of benzene rings is 1. The molecule has 0 aliphatic heterocycles. The highest BCUT2D eigenvalue weighted by molar-refractivity contribution is 5.93. The Hall–Kier alpha value is -2.11. The normalized spacial score (nSPS) is 11.0. The number of carboxylic acid groups (broad SMARTS) is 1. The number of carbonyl (C=O) groups excluding carboxylic acids is 1. The summed E-state index contributed by atoms with van der Waals surface area (Å²) >= 11 is 0. The van der Waals surface area contributed by atoms with E-state index in [1.165, 1.54) is 6.07 Å². The lowest BCUT2D eigenvalue weighted by Crippen LogP contribution is -2.31. The molecule has 1 aromatic rings. The Morgan fingerprint density at radius 1 is 1.30 bits per heavy atom. The van der Waals surface area contributed by atoms with Gasteiger partial charge < -0.3 is 15.7 Å². The van der Waals surface area contributed by atoms with Crippen LogP contribution in [-0.2, 0) is 0 Å². The van der Waals surface area contributed by atoms with Crippen LogP contribution in [0.25, 0.3) is 0 Å². The zero-order valence-electron chi connectivity index (χ0n) is 11.8. The molecule has 0 aliphatic carbocycles. The standard InChI is InChI=1S/C14H19FN2O3/c1-14(2,3)6-7-16-13(20)17-9-4-5-11(15)10(8-9)12(18)19/h4-5,8H,6-7H2,1-3H3,(H,18,19)(H2,16,17,20). The number of urea groups is 1. The number of carboxylic acids is 1. The largest absolute Gasteiger partial charge is 0.478 e. The van der Waals surface area contributed by atoms with Crippen LogP contribution in [0.2, 0.25) is 0 Å². The van der Waals surface area contributed by atoms with Crippen molar-refractivity contribution in [2.24, 2.45) is 5.41 Å². The quantitative estimate of drug-likeness (QED) is 0.794. The lowest BCUT2D eigenvalue weighted by atomic mass is 9.92. The van der Waals surface area contributed by atoms with Gasteiger partial charge in [0.25, 0.3) is 0 Å². The maximum absolute atomic E-state index is 13.2. The van der Waals surface area contributed by atoms with E-state index in [2.05, 4.69) is 31.4 Å². The molecule has 1 rings (SSSR count). The van der Waals surface area contributed by atoms with Gasteiger partial charge in [-0.25, -0.2) is 14.0 Å². The number of nitrogens with one attached hydrogen (secondary N) is 2. The van der Waals surface area contributed by atoms with Crippen LogP contribution in [0.5, 0.6) is 0 Å². The summed E-state index contributed by atoms with van der Waals surface area (Å²) in [6, 6.07) is 2.96. The molecule has 0 saturated carbocycles. The van der Waals surface area contributed by atoms with Crippen molar-refractivity contribution in [2.75, 3.05) is 11.9 Å². The molecular weight excluding hydrogens is 263 g/mol. The highest BCUT2D eigenvalue weighted by atomic mass is 19.1. The third-order valence-corrected chi connectivity index (χ3v) is 2.62. The molecule has 3 N–H and O–H groups in total. The van der Waals surface area contributed by atoms with Crippen LogP contribution in [0, 0.1) is 11.2 Å². The zero-order valence-corrected chi connectivity index (χ0v) is 11.8. The zero-order chi connectivity index (χ0) is 15.3. The summed E-state index contributed by atoms with van der Waals surface area (Å²) in [5, 5.41) is 13.9. The van der Waals surface area contributed by atoms with E-state index in [1.54, 1.807) is 0 Å². The van der Waals surface area contributed by atoms with Gasteiger partial charge in [-0.2, -0.15) is 0 Å². The van der Waals surface area contributed by atoms with Gasteiger partial charge in [-0.15, -0.1) is 0 Å². The van der Waals surface area contributed by atoms with Crippen LogP contribution in [-0.4, -0.2) is 23.7 Å². The summed E-state index contributed by atoms with van der Waals surface area (Å²) in [6.45, 7) is 6.69. The van der Waals surface area contributed by atoms with Gasteiger partial charge in [-0.3, -0.25) is 0 Å². The average Bonchev–Trinajstić information content (AvgIpc) is 2.29. The predicted molar refractivity (Wildman–Crippen MR) is 74.5 cm³/mol. The number of aromatic carboxylic acids is 1. The van der Waals surface area contributed by atoms with E-state index in [4.69, 9.17) is 5.11 Å². The van der Waals surface area contributed by atoms with Gasteiger partial charge in [0.15, 0.2) is 0 Å². The van der Waals surface area contributed by atoms with Crippen molar-refractivity contribution in [3.05, 3.63) is 29.6 Å². The lowest BCUT2D eigenvalue weighted by molar-refractivity contribution is 0.0692. The minimum atomic E-state index is -1.38. The molecule has 0 bridgehead atoms. The number of carbonyl (C=O) groups is 2. The van der Waals surface area contributed by atoms with Crippen LogP contribution < -0.4 is 10.6 Å². The van der Waals surface area contributed by atoms with E-state index in [-0.39, 0.29) is 11.1 Å². The highest BCUT2D eigenvalue weighted by Gasteiger charge is 2.13. The Labute approximate surface area is 117 Å². The van der Waals surface area contributed by atoms with Crippen LogP contribution in [0.3, 0.4) is 0 Å². The minimum absolute atomic E-state index is 0.111. The molecule has 6 heteroatoms. The molecule has 2 amide bonds. The third kappa shape index (κ3) is 5.26. The average molecular weight is 282 g/mol. The first-order valence-electron chi connectivity index (χ1n) is 6.27. The summed E-state index contributed by atoms with van der Waals surface area (Å²) in [6.07, 6.45) is 0.810. The molecule has 110 valence electrons. The molecular formula is C14H19FN2O3. The topological polar surface area (TPSA) is 78.4 Å². The van der Waals surface area contributed by atoms with Gasteiger partial charge in [0.05, 0.1) is 5.56 Å². The number of amides is 2. The van der Waals surface area contributed by atoms with Crippen molar-refractivity contribution in [1.29, 1.82) is 0 Å². The van der Waals surface area contributed by atoms with Crippen LogP contribution in [0.15, 0.2) is 18.2 Å². The van der Waals surface area contributed by atoms with Crippen molar-refractivity contribution in [2.45, 2.75) is 27.2 Å². The SMILES string of the molecule is CC(C)(C)CCNC(=O)Nc1ccc(F)c(C(=O)O)c1. The minimum Gasteiger partial charge on any atom is -0.478 e. The van der Waals surface area contributed by atoms with Crippen LogP contribution in [0.4, 0.5) is 14.9 Å². The fourth-order valence-electron chi connectivity index (χ4n) is 1.49. The van der Waals surface area contributed by atoms with Gasteiger partial charge in [0.2, 0.25) is 0 Å². The Morgan fingerprint density at radius 2 is 1.95 bits per heavy atom. The molecule has 0 atom stereocenters. The molecule has 20 heavy (non-hydrogen) atoms. The number of anilines is 1. The van der Waals surface area contributed by atoms with E-state index >= 15 is 0 Å². The Bertz CT molecular complexity index is 510. The first-order chi connectivity index (χ1) is 9.19. The summed E-state index contributed by atoms with van der Waals surface area (Å²) in [5.74, 6) is -2.21. The van der Waals surface area contributed by atoms with Gasteiger partial charge >= 0.3 is 12.0 Å². The highest BCUT2D eigenvalue weighted by Crippen LogP contribution is 2.17. The molecule has 5 nitrogen and oxygen atoms in total. The van der Waals surface area contributed by atoms with E-state index in [0.29, 0.717) is 6.54 Å². The second-order valence-corrected chi connectivity index (χ2v) is 5.69. The van der Waals surface area contributed by atoms with E-state index in [0.717, 1.165) is 18.6 Å². The lowest BCUT2D eigenvalue weighted by Gasteiger charge is -2.18. The van der Waals surface area contributed by atoms with Crippen molar-refractivity contribution in [3.8, 4) is 0 Å². The summed E-state index contributed by atoms with van der Waals surface area (Å²) < 4.78 is 13.2. The van der Waals surface area contributed by atoms with E-state index in [1.807, 2.05) is 0 Å². The van der Waals surface area contributed by atoms with Crippen molar-refractivity contribution in [3.63, 3.8) is 0 Å². The molecule has 0 aliphatic rings. The number of hydrogen-bond acceptors (Lipinski definition) is 2. The molecule has 0 aromatic heterocycles. The predicted octanol–water partition coefficient (Wildman–Crippen LogP) is 3.08.